The van der Waals surface area contributed by atoms with E-state index in [4.69, 9.17) is 0 Å². The third kappa shape index (κ3) is 3.02. The lowest BCUT2D eigenvalue weighted by Gasteiger charge is -2.33. The highest BCUT2D eigenvalue weighted by molar-refractivity contribution is 5.98. The van der Waals surface area contributed by atoms with Gasteiger partial charge in [0.1, 0.15) is 5.69 Å². The molecule has 1 N–H and O–H groups in total. The summed E-state index contributed by atoms with van der Waals surface area (Å²) < 4.78 is 142. The van der Waals surface area contributed by atoms with Crippen LogP contribution in [-0.4, -0.2) is 18.3 Å². The molecule has 1 aromatic carbocycles. The van der Waals surface area contributed by atoms with Gasteiger partial charge < -0.3 is 5.32 Å². The fourth-order valence-corrected chi connectivity index (χ4v) is 1.67. The number of amides is 1. The fourth-order valence-electron chi connectivity index (χ4n) is 1.67. The molecular weight excluding hydrogens is 383 g/mol. The van der Waals surface area contributed by atoms with E-state index in [1.54, 1.807) is 0 Å². The number of carbonyl (C=O) groups is 1. The molecular formula is C12H4F11NO. The second-order valence-corrected chi connectivity index (χ2v) is 4.41. The predicted molar refractivity (Wildman–Crippen MR) is 59.6 cm³/mol. The lowest BCUT2D eigenvalue weighted by molar-refractivity contribution is -0.305. The number of alkyl halides is 6. The van der Waals surface area contributed by atoms with Crippen LogP contribution in [0.5, 0.6) is 0 Å². The summed E-state index contributed by atoms with van der Waals surface area (Å²) in [6, 6.07) is 0. The number of hydrogen-bond acceptors (Lipinski definition) is 1. The Hall–Kier alpha value is -2.34. The maximum Gasteiger partial charge on any atom is 0.415 e. The first-order valence-corrected chi connectivity index (χ1v) is 5.73. The molecule has 1 aromatic rings. The average Bonchev–Trinajstić information content (AvgIpc) is 2.45. The van der Waals surface area contributed by atoms with E-state index in [9.17, 15) is 53.1 Å². The number of nitrogens with one attached hydrogen (secondary N) is 1. The quantitative estimate of drug-likeness (QED) is 0.349. The number of hydrogen-bond donors (Lipinski definition) is 1. The van der Waals surface area contributed by atoms with E-state index in [-0.39, 0.29) is 0 Å². The van der Waals surface area contributed by atoms with Crippen LogP contribution in [0, 0.1) is 34.5 Å². The van der Waals surface area contributed by atoms with Crippen LogP contribution in [0.1, 0.15) is 0 Å². The van der Waals surface area contributed by atoms with E-state index in [1.807, 2.05) is 0 Å². The van der Waals surface area contributed by atoms with Crippen molar-refractivity contribution in [2.75, 3.05) is 5.32 Å². The van der Waals surface area contributed by atoms with E-state index in [0.29, 0.717) is 5.32 Å². The molecule has 0 fully saturated rings. The Morgan fingerprint density at radius 1 is 0.760 bits per heavy atom. The van der Waals surface area contributed by atoms with Crippen molar-refractivity contribution in [1.29, 1.82) is 0 Å². The molecule has 25 heavy (non-hydrogen) atoms. The summed E-state index contributed by atoms with van der Waals surface area (Å²) in [5, 5.41) is 0.445. The molecule has 0 aliphatic rings. The second kappa shape index (κ2) is 6.19. The van der Waals surface area contributed by atoms with Gasteiger partial charge in [0.05, 0.1) is 0 Å². The minimum atomic E-state index is -6.39. The molecule has 13 heteroatoms. The monoisotopic (exact) mass is 387 g/mol. The first-order valence-electron chi connectivity index (χ1n) is 5.73. The number of anilines is 1. The van der Waals surface area contributed by atoms with Gasteiger partial charge in [-0.15, -0.1) is 6.58 Å². The molecule has 0 atom stereocenters. The first kappa shape index (κ1) is 20.7. The zero-order valence-electron chi connectivity index (χ0n) is 11.4. The molecule has 0 spiro atoms. The Kier molecular flexibility index (Phi) is 5.12. The van der Waals surface area contributed by atoms with Gasteiger partial charge in [-0.25, -0.2) is 22.0 Å². The van der Waals surface area contributed by atoms with Gasteiger partial charge in [-0.2, -0.15) is 26.3 Å². The lowest BCUT2D eigenvalue weighted by atomic mass is 9.85. The van der Waals surface area contributed by atoms with Crippen molar-refractivity contribution >= 4 is 11.6 Å². The molecule has 0 unspecified atom stereocenters. The van der Waals surface area contributed by atoms with Crippen LogP contribution in [-0.2, 0) is 4.79 Å². The predicted octanol–water partition coefficient (Wildman–Crippen LogP) is 4.62. The molecule has 0 aromatic heterocycles. The molecule has 2 nitrogen and oxygen atoms in total. The third-order valence-electron chi connectivity index (χ3n) is 3.01. The SMILES string of the molecule is C=CC(C(=O)Nc1c(F)c(F)c(F)c(F)c1F)(C(F)(F)F)C(F)(F)F. The van der Waals surface area contributed by atoms with Crippen LogP contribution in [0.2, 0.25) is 0 Å². The molecule has 1 rings (SSSR count). The molecule has 0 aliphatic heterocycles. The van der Waals surface area contributed by atoms with Gasteiger partial charge in [0.25, 0.3) is 11.3 Å². The molecule has 0 radical (unpaired) electrons. The molecule has 0 bridgehead atoms. The number of benzene rings is 1. The number of carbonyl (C=O) groups excluding carboxylic acids is 1. The fraction of sp³-hybridized carbons (Fsp3) is 0.250. The van der Waals surface area contributed by atoms with Gasteiger partial charge in [-0.3, -0.25) is 4.79 Å². The van der Waals surface area contributed by atoms with Crippen LogP contribution in [0.4, 0.5) is 54.0 Å². The van der Waals surface area contributed by atoms with Crippen LogP contribution in [0.15, 0.2) is 12.7 Å². The number of halogens is 11. The highest BCUT2D eigenvalue weighted by Crippen LogP contribution is 2.52. The van der Waals surface area contributed by atoms with E-state index in [2.05, 4.69) is 6.58 Å². The smallest absolute Gasteiger partial charge is 0.320 e. The Labute approximate surface area is 130 Å². The zero-order valence-corrected chi connectivity index (χ0v) is 11.4. The average molecular weight is 387 g/mol. The van der Waals surface area contributed by atoms with Crippen molar-refractivity contribution in [2.45, 2.75) is 12.4 Å². The topological polar surface area (TPSA) is 29.1 Å². The third-order valence-corrected chi connectivity index (χ3v) is 3.01. The Morgan fingerprint density at radius 2 is 1.08 bits per heavy atom. The summed E-state index contributed by atoms with van der Waals surface area (Å²) in [7, 11) is 0. The van der Waals surface area contributed by atoms with E-state index in [1.165, 1.54) is 0 Å². The van der Waals surface area contributed by atoms with E-state index in [0.717, 1.165) is 0 Å². The minimum absolute atomic E-state index is 0.445. The van der Waals surface area contributed by atoms with Crippen LogP contribution in [0.3, 0.4) is 0 Å². The van der Waals surface area contributed by atoms with Gasteiger partial charge in [0.2, 0.25) is 5.82 Å². The molecule has 1 amide bonds. The van der Waals surface area contributed by atoms with Gasteiger partial charge in [0, 0.05) is 0 Å². The number of rotatable bonds is 3. The Morgan fingerprint density at radius 3 is 1.36 bits per heavy atom. The van der Waals surface area contributed by atoms with Crippen molar-refractivity contribution in [3.8, 4) is 0 Å². The standard InChI is InChI=1S/C12H4F11NO/c1-2-10(11(18,19)20,12(21,22)23)9(25)24-8-6(16)4(14)3(13)5(15)7(8)17/h2H,1H2,(H,24,25). The minimum Gasteiger partial charge on any atom is -0.320 e. The van der Waals surface area contributed by atoms with E-state index < -0.39 is 64.5 Å². The van der Waals surface area contributed by atoms with Gasteiger partial charge in [-0.1, -0.05) is 6.08 Å². The highest BCUT2D eigenvalue weighted by atomic mass is 19.4. The van der Waals surface area contributed by atoms with Gasteiger partial charge in [-0.05, 0) is 0 Å². The van der Waals surface area contributed by atoms with Crippen LogP contribution >= 0.6 is 0 Å². The maximum absolute atomic E-state index is 13.3. The largest absolute Gasteiger partial charge is 0.415 e. The van der Waals surface area contributed by atoms with Crippen molar-refractivity contribution in [3.63, 3.8) is 0 Å². The van der Waals surface area contributed by atoms with Crippen molar-refractivity contribution in [3.05, 3.63) is 41.7 Å². The summed E-state index contributed by atoms with van der Waals surface area (Å²) in [6.45, 7) is 2.23. The molecule has 140 valence electrons. The summed E-state index contributed by atoms with van der Waals surface area (Å²) in [5.74, 6) is -16.9. The van der Waals surface area contributed by atoms with Crippen molar-refractivity contribution in [1.82, 2.24) is 0 Å². The lowest BCUT2D eigenvalue weighted by Crippen LogP contribution is -2.56. The molecule has 0 heterocycles. The van der Waals surface area contributed by atoms with Crippen LogP contribution in [0.25, 0.3) is 0 Å². The molecule has 0 aliphatic carbocycles. The Bertz CT molecular complexity index is 676. The summed E-state index contributed by atoms with van der Waals surface area (Å²) >= 11 is 0. The molecule has 0 saturated heterocycles. The van der Waals surface area contributed by atoms with Gasteiger partial charge >= 0.3 is 12.4 Å². The van der Waals surface area contributed by atoms with Crippen LogP contribution < -0.4 is 5.32 Å². The van der Waals surface area contributed by atoms with Crippen molar-refractivity contribution < 1.29 is 53.1 Å². The molecule has 0 saturated carbocycles. The summed E-state index contributed by atoms with van der Waals surface area (Å²) in [6.07, 6.45) is -13.7. The summed E-state index contributed by atoms with van der Waals surface area (Å²) in [4.78, 5) is 11.5. The van der Waals surface area contributed by atoms with Crippen molar-refractivity contribution in [2.24, 2.45) is 5.41 Å². The first-order chi connectivity index (χ1) is 11.1. The zero-order chi connectivity index (χ0) is 20.0. The Balaban J connectivity index is 3.60. The normalized spacial score (nSPS) is 12.9. The highest BCUT2D eigenvalue weighted by Gasteiger charge is 2.74. The maximum atomic E-state index is 13.3. The van der Waals surface area contributed by atoms with Gasteiger partial charge in [0.15, 0.2) is 23.3 Å². The summed E-state index contributed by atoms with van der Waals surface area (Å²) in [5.41, 5.74) is -7.73. The second-order valence-electron chi connectivity index (χ2n) is 4.41. The van der Waals surface area contributed by atoms with E-state index >= 15 is 0 Å².